The van der Waals surface area contributed by atoms with Gasteiger partial charge in [-0.3, -0.25) is 4.79 Å². The Hall–Kier alpha value is -2.12. The number of hydrogen-bond acceptors (Lipinski definition) is 5. The Labute approximate surface area is 123 Å². The van der Waals surface area contributed by atoms with E-state index in [0.29, 0.717) is 37.8 Å². The van der Waals surface area contributed by atoms with Crippen LogP contribution in [0.4, 0.5) is 4.79 Å². The molecule has 3 amide bonds. The molecule has 8 nitrogen and oxygen atoms in total. The summed E-state index contributed by atoms with van der Waals surface area (Å²) < 4.78 is 5.09. The minimum absolute atomic E-state index is 0.103. The molecule has 0 aliphatic carbocycles. The van der Waals surface area contributed by atoms with Gasteiger partial charge in [0.25, 0.3) is 0 Å². The number of urea groups is 1. The Morgan fingerprint density at radius 1 is 1.52 bits per heavy atom. The van der Waals surface area contributed by atoms with Gasteiger partial charge in [0.05, 0.1) is 0 Å². The molecule has 0 bridgehead atoms. The summed E-state index contributed by atoms with van der Waals surface area (Å²) >= 11 is 0. The fourth-order valence-corrected chi connectivity index (χ4v) is 1.98. The zero-order chi connectivity index (χ0) is 15.2. The van der Waals surface area contributed by atoms with Crippen LogP contribution in [0.1, 0.15) is 37.9 Å². The van der Waals surface area contributed by atoms with Crippen LogP contribution in [0, 0.1) is 0 Å². The van der Waals surface area contributed by atoms with Crippen molar-refractivity contribution in [1.82, 2.24) is 25.7 Å². The van der Waals surface area contributed by atoms with Crippen LogP contribution in [0.3, 0.4) is 0 Å². The fourth-order valence-electron chi connectivity index (χ4n) is 1.98. The summed E-state index contributed by atoms with van der Waals surface area (Å²) in [6.07, 6.45) is 1.27. The Morgan fingerprint density at radius 2 is 2.33 bits per heavy atom. The van der Waals surface area contributed by atoms with Crippen molar-refractivity contribution in [3.8, 4) is 0 Å². The average Bonchev–Trinajstić information content (AvgIpc) is 2.80. The van der Waals surface area contributed by atoms with E-state index in [1.54, 1.807) is 0 Å². The lowest BCUT2D eigenvalue weighted by molar-refractivity contribution is -0.121. The van der Waals surface area contributed by atoms with E-state index in [0.717, 1.165) is 6.42 Å². The van der Waals surface area contributed by atoms with E-state index in [4.69, 9.17) is 4.52 Å². The molecule has 1 fully saturated rings. The molecule has 8 heteroatoms. The quantitative estimate of drug-likeness (QED) is 0.830. The van der Waals surface area contributed by atoms with E-state index in [1.807, 2.05) is 13.8 Å². The van der Waals surface area contributed by atoms with Gasteiger partial charge >= 0.3 is 6.03 Å². The van der Waals surface area contributed by atoms with Gasteiger partial charge in [-0.25, -0.2) is 4.79 Å². The second kappa shape index (κ2) is 7.05. The van der Waals surface area contributed by atoms with Gasteiger partial charge in [-0.1, -0.05) is 19.0 Å². The summed E-state index contributed by atoms with van der Waals surface area (Å²) in [7, 11) is 0. The van der Waals surface area contributed by atoms with Gasteiger partial charge in [-0.05, 0) is 6.42 Å². The van der Waals surface area contributed by atoms with Crippen molar-refractivity contribution in [3.63, 3.8) is 0 Å². The molecular weight excluding hydrogens is 274 g/mol. The first-order valence-corrected chi connectivity index (χ1v) is 7.18. The Balaban J connectivity index is 1.76. The van der Waals surface area contributed by atoms with Gasteiger partial charge in [-0.2, -0.15) is 4.98 Å². The maximum Gasteiger partial charge on any atom is 0.317 e. The number of nitrogens with one attached hydrogen (secondary N) is 2. The number of amides is 3. The summed E-state index contributed by atoms with van der Waals surface area (Å²) in [5.74, 6) is 1.24. The van der Waals surface area contributed by atoms with Crippen LogP contribution in [0.25, 0.3) is 0 Å². The topological polar surface area (TPSA) is 100 Å². The van der Waals surface area contributed by atoms with Crippen LogP contribution in [-0.4, -0.2) is 53.2 Å². The van der Waals surface area contributed by atoms with Crippen molar-refractivity contribution in [1.29, 1.82) is 0 Å². The van der Waals surface area contributed by atoms with Gasteiger partial charge in [0.2, 0.25) is 11.8 Å². The highest BCUT2D eigenvalue weighted by molar-refractivity contribution is 5.84. The third-order valence-corrected chi connectivity index (χ3v) is 3.15. The summed E-state index contributed by atoms with van der Waals surface area (Å²) in [5, 5.41) is 9.36. The molecule has 116 valence electrons. The highest BCUT2D eigenvalue weighted by Crippen LogP contribution is 2.10. The summed E-state index contributed by atoms with van der Waals surface area (Å²) in [6, 6.07) is -0.236. The number of aromatic nitrogens is 2. The fraction of sp³-hybridized carbons (Fsp3) is 0.692. The molecule has 1 aliphatic rings. The molecule has 0 atom stereocenters. The Bertz CT molecular complexity index is 500. The van der Waals surface area contributed by atoms with Crippen molar-refractivity contribution in [2.24, 2.45) is 0 Å². The number of nitrogens with zero attached hydrogens (tertiary/aromatic N) is 3. The van der Waals surface area contributed by atoms with E-state index in [9.17, 15) is 9.59 Å². The van der Waals surface area contributed by atoms with Crippen molar-refractivity contribution >= 4 is 11.9 Å². The predicted octanol–water partition coefficient (Wildman–Crippen LogP) is 0.267. The summed E-state index contributed by atoms with van der Waals surface area (Å²) in [5.41, 5.74) is 0. The maximum absolute atomic E-state index is 12.0. The van der Waals surface area contributed by atoms with E-state index in [2.05, 4.69) is 20.8 Å². The first kappa shape index (κ1) is 15.3. The van der Waals surface area contributed by atoms with Crippen LogP contribution in [-0.2, 0) is 11.2 Å². The average molecular weight is 295 g/mol. The first-order valence-electron chi connectivity index (χ1n) is 7.18. The third kappa shape index (κ3) is 4.44. The number of hydrogen-bond donors (Lipinski definition) is 2. The molecule has 0 aromatic carbocycles. The van der Waals surface area contributed by atoms with E-state index < -0.39 is 0 Å². The Morgan fingerprint density at radius 3 is 3.05 bits per heavy atom. The van der Waals surface area contributed by atoms with Crippen molar-refractivity contribution in [2.75, 3.05) is 26.2 Å². The lowest BCUT2D eigenvalue weighted by atomic mass is 10.2. The molecule has 2 N–H and O–H groups in total. The lowest BCUT2D eigenvalue weighted by Crippen LogP contribution is -2.44. The molecule has 0 saturated carbocycles. The number of rotatable bonds is 4. The molecule has 0 radical (unpaired) electrons. The third-order valence-electron chi connectivity index (χ3n) is 3.15. The van der Waals surface area contributed by atoms with Gasteiger partial charge in [-0.15, -0.1) is 0 Å². The first-order chi connectivity index (χ1) is 10.1. The van der Waals surface area contributed by atoms with E-state index >= 15 is 0 Å². The number of carbonyl (C=O) groups excluding carboxylic acids is 2. The Kier molecular flexibility index (Phi) is 5.13. The van der Waals surface area contributed by atoms with Crippen LogP contribution >= 0.6 is 0 Å². The second-order valence-electron chi connectivity index (χ2n) is 5.31. The molecule has 21 heavy (non-hydrogen) atoms. The van der Waals surface area contributed by atoms with Gasteiger partial charge in [0.1, 0.15) is 6.54 Å². The standard InChI is InChI=1S/C13H21N5O3/c1-9(2)12-16-10(17-21-12)4-6-15-13(20)18-7-3-5-14-11(19)8-18/h9H,3-8H2,1-2H3,(H,14,19)(H,15,20). The van der Waals surface area contributed by atoms with Crippen molar-refractivity contribution in [3.05, 3.63) is 11.7 Å². The van der Waals surface area contributed by atoms with Crippen LogP contribution in [0.2, 0.25) is 0 Å². The highest BCUT2D eigenvalue weighted by Gasteiger charge is 2.19. The molecule has 1 saturated heterocycles. The molecular formula is C13H21N5O3. The van der Waals surface area contributed by atoms with Crippen LogP contribution in [0.5, 0.6) is 0 Å². The van der Waals surface area contributed by atoms with E-state index in [1.165, 1.54) is 4.90 Å². The monoisotopic (exact) mass is 295 g/mol. The zero-order valence-electron chi connectivity index (χ0n) is 12.4. The molecule has 1 aromatic rings. The molecule has 2 rings (SSSR count). The zero-order valence-corrected chi connectivity index (χ0v) is 12.4. The lowest BCUT2D eigenvalue weighted by Gasteiger charge is -2.19. The highest BCUT2D eigenvalue weighted by atomic mass is 16.5. The second-order valence-corrected chi connectivity index (χ2v) is 5.31. The van der Waals surface area contributed by atoms with Gasteiger partial charge < -0.3 is 20.1 Å². The molecule has 2 heterocycles. The predicted molar refractivity (Wildman–Crippen MR) is 74.7 cm³/mol. The molecule has 1 aliphatic heterocycles. The minimum atomic E-state index is -0.236. The normalized spacial score (nSPS) is 15.8. The maximum atomic E-state index is 12.0. The van der Waals surface area contributed by atoms with Crippen LogP contribution in [0.15, 0.2) is 4.52 Å². The molecule has 0 spiro atoms. The smallest absolute Gasteiger partial charge is 0.317 e. The van der Waals surface area contributed by atoms with E-state index in [-0.39, 0.29) is 24.4 Å². The summed E-state index contributed by atoms with van der Waals surface area (Å²) in [6.45, 7) is 5.65. The molecule has 1 aromatic heterocycles. The molecule has 0 unspecified atom stereocenters. The largest absolute Gasteiger partial charge is 0.354 e. The SMILES string of the molecule is CC(C)c1nc(CCNC(=O)N2CCCNC(=O)C2)no1. The number of carbonyl (C=O) groups is 2. The minimum Gasteiger partial charge on any atom is -0.354 e. The van der Waals surface area contributed by atoms with Crippen molar-refractivity contribution < 1.29 is 14.1 Å². The van der Waals surface area contributed by atoms with Crippen molar-refractivity contribution in [2.45, 2.75) is 32.6 Å². The van der Waals surface area contributed by atoms with Gasteiger partial charge in [0, 0.05) is 32.0 Å². The van der Waals surface area contributed by atoms with Crippen LogP contribution < -0.4 is 10.6 Å². The van der Waals surface area contributed by atoms with Gasteiger partial charge in [0.15, 0.2) is 5.82 Å². The summed E-state index contributed by atoms with van der Waals surface area (Å²) in [4.78, 5) is 29.1.